The van der Waals surface area contributed by atoms with Crippen molar-refractivity contribution in [1.29, 1.82) is 0 Å². The molecule has 1 unspecified atom stereocenters. The number of anilines is 1. The average Bonchev–Trinajstić information content (AvgIpc) is 3.06. The smallest absolute Gasteiger partial charge is 0.416 e. The molecular weight excluding hydrogens is 359 g/mol. The van der Waals surface area contributed by atoms with Gasteiger partial charge in [0.15, 0.2) is 0 Å². The van der Waals surface area contributed by atoms with E-state index in [0.717, 1.165) is 29.5 Å². The van der Waals surface area contributed by atoms with Crippen LogP contribution >= 0.6 is 0 Å². The second-order valence-corrected chi connectivity index (χ2v) is 6.58. The number of likely N-dealkylation sites (tertiary alicyclic amines) is 1. The lowest BCUT2D eigenvalue weighted by atomic mass is 10.1. The maximum absolute atomic E-state index is 12.8. The fraction of sp³-hybridized carbons (Fsp3) is 0.368. The van der Waals surface area contributed by atoms with Gasteiger partial charge in [0.1, 0.15) is 6.10 Å². The van der Waals surface area contributed by atoms with Crippen LogP contribution in [0.4, 0.5) is 23.7 Å². The highest BCUT2D eigenvalue weighted by Gasteiger charge is 2.32. The molecule has 0 radical (unpaired) electrons. The largest absolute Gasteiger partial charge is 0.472 e. The van der Waals surface area contributed by atoms with E-state index >= 15 is 0 Å². The van der Waals surface area contributed by atoms with Crippen LogP contribution in [0.2, 0.25) is 0 Å². The zero-order valence-corrected chi connectivity index (χ0v) is 15.0. The van der Waals surface area contributed by atoms with Crippen molar-refractivity contribution < 1.29 is 22.7 Å². The Balaban J connectivity index is 1.58. The number of urea groups is 1. The summed E-state index contributed by atoms with van der Waals surface area (Å²) in [6.45, 7) is 4.70. The van der Waals surface area contributed by atoms with E-state index in [4.69, 9.17) is 4.74 Å². The Morgan fingerprint density at radius 2 is 2.00 bits per heavy atom. The number of amides is 2. The Kier molecular flexibility index (Phi) is 5.25. The summed E-state index contributed by atoms with van der Waals surface area (Å²) in [5.41, 5.74) is 2.10. The number of nitrogens with one attached hydrogen (secondary N) is 1. The molecule has 1 aromatic heterocycles. The van der Waals surface area contributed by atoms with Crippen LogP contribution in [0.15, 0.2) is 36.5 Å². The minimum absolute atomic E-state index is 0.0914. The van der Waals surface area contributed by atoms with Crippen molar-refractivity contribution in [2.75, 3.05) is 18.4 Å². The van der Waals surface area contributed by atoms with Crippen molar-refractivity contribution in [3.8, 4) is 5.88 Å². The van der Waals surface area contributed by atoms with Gasteiger partial charge in [-0.1, -0.05) is 6.07 Å². The first kappa shape index (κ1) is 19.0. The van der Waals surface area contributed by atoms with Gasteiger partial charge >= 0.3 is 12.2 Å². The first-order valence-corrected chi connectivity index (χ1v) is 8.55. The van der Waals surface area contributed by atoms with Crippen LogP contribution in [0.5, 0.6) is 5.88 Å². The highest BCUT2D eigenvalue weighted by Crippen LogP contribution is 2.31. The zero-order valence-electron chi connectivity index (χ0n) is 15.0. The molecule has 1 aliphatic rings. The Morgan fingerprint density at radius 3 is 2.70 bits per heavy atom. The lowest BCUT2D eigenvalue weighted by Gasteiger charge is -2.18. The molecular formula is C19H20F3N3O2. The highest BCUT2D eigenvalue weighted by atomic mass is 19.4. The number of carbonyl (C=O) groups is 1. The topological polar surface area (TPSA) is 54.5 Å². The van der Waals surface area contributed by atoms with Gasteiger partial charge in [0.2, 0.25) is 5.88 Å². The minimum atomic E-state index is -4.45. The van der Waals surface area contributed by atoms with Gasteiger partial charge in [-0.15, -0.1) is 0 Å². The number of rotatable bonds is 3. The number of nitrogens with zero attached hydrogens (tertiary/aromatic N) is 2. The summed E-state index contributed by atoms with van der Waals surface area (Å²) in [4.78, 5) is 17.8. The number of pyridine rings is 1. The van der Waals surface area contributed by atoms with Crippen molar-refractivity contribution in [2.45, 2.75) is 32.5 Å². The second-order valence-electron chi connectivity index (χ2n) is 6.58. The number of benzene rings is 1. The molecule has 1 fully saturated rings. The van der Waals surface area contributed by atoms with Gasteiger partial charge in [-0.05, 0) is 43.2 Å². The number of ether oxygens (including phenoxy) is 1. The van der Waals surface area contributed by atoms with Crippen molar-refractivity contribution in [3.05, 3.63) is 53.2 Å². The van der Waals surface area contributed by atoms with Gasteiger partial charge in [0, 0.05) is 30.9 Å². The summed E-state index contributed by atoms with van der Waals surface area (Å²) in [6.07, 6.45) is -3.25. The van der Waals surface area contributed by atoms with E-state index in [1.165, 1.54) is 0 Å². The van der Waals surface area contributed by atoms with E-state index < -0.39 is 17.8 Å². The number of aryl methyl sites for hydroxylation is 2. The van der Waals surface area contributed by atoms with Gasteiger partial charge in [-0.2, -0.15) is 13.2 Å². The minimum Gasteiger partial charge on any atom is -0.472 e. The monoisotopic (exact) mass is 379 g/mol. The van der Waals surface area contributed by atoms with E-state index in [1.807, 2.05) is 32.0 Å². The molecule has 1 aromatic carbocycles. The van der Waals surface area contributed by atoms with Crippen molar-refractivity contribution in [1.82, 2.24) is 9.88 Å². The average molecular weight is 379 g/mol. The molecule has 8 heteroatoms. The maximum Gasteiger partial charge on any atom is 0.416 e. The SMILES string of the molecule is Cc1ccc(NC(=O)N2CCC(Oc3cc(C(F)(F)F)ccn3)C2)cc1C. The third-order valence-corrected chi connectivity index (χ3v) is 4.54. The molecule has 1 N–H and O–H groups in total. The summed E-state index contributed by atoms with van der Waals surface area (Å²) in [5, 5.41) is 2.83. The normalized spacial score (nSPS) is 17.1. The van der Waals surface area contributed by atoms with E-state index in [2.05, 4.69) is 10.3 Å². The number of hydrogen-bond acceptors (Lipinski definition) is 3. The lowest BCUT2D eigenvalue weighted by molar-refractivity contribution is -0.137. The molecule has 0 bridgehead atoms. The van der Waals surface area contributed by atoms with Crippen LogP contribution in [0, 0.1) is 13.8 Å². The third-order valence-electron chi connectivity index (χ3n) is 4.54. The number of carbonyl (C=O) groups excluding carboxylic acids is 1. The molecule has 1 aliphatic heterocycles. The molecule has 1 atom stereocenters. The van der Waals surface area contributed by atoms with E-state index in [1.54, 1.807) is 4.90 Å². The van der Waals surface area contributed by atoms with Crippen LogP contribution in [-0.2, 0) is 6.18 Å². The van der Waals surface area contributed by atoms with Crippen molar-refractivity contribution in [3.63, 3.8) is 0 Å². The third kappa shape index (κ3) is 4.69. The fourth-order valence-corrected chi connectivity index (χ4v) is 2.85. The summed E-state index contributed by atoms with van der Waals surface area (Å²) >= 11 is 0. The van der Waals surface area contributed by atoms with Crippen LogP contribution in [0.25, 0.3) is 0 Å². The fourth-order valence-electron chi connectivity index (χ4n) is 2.85. The summed E-state index contributed by atoms with van der Waals surface area (Å²) in [5.74, 6) is -0.0914. The van der Waals surface area contributed by atoms with Gasteiger partial charge in [0.25, 0.3) is 0 Å². The van der Waals surface area contributed by atoms with Gasteiger partial charge in [0.05, 0.1) is 12.1 Å². The molecule has 0 saturated carbocycles. The van der Waals surface area contributed by atoms with Crippen LogP contribution in [0.3, 0.4) is 0 Å². The quantitative estimate of drug-likeness (QED) is 0.860. The molecule has 0 spiro atoms. The Hall–Kier alpha value is -2.77. The number of aromatic nitrogens is 1. The first-order chi connectivity index (χ1) is 12.7. The summed E-state index contributed by atoms with van der Waals surface area (Å²) < 4.78 is 43.8. The van der Waals surface area contributed by atoms with E-state index in [-0.39, 0.29) is 18.5 Å². The van der Waals surface area contributed by atoms with Crippen molar-refractivity contribution in [2.24, 2.45) is 0 Å². The first-order valence-electron chi connectivity index (χ1n) is 8.55. The molecule has 5 nitrogen and oxygen atoms in total. The zero-order chi connectivity index (χ0) is 19.6. The molecule has 2 aromatic rings. The molecule has 0 aliphatic carbocycles. The highest BCUT2D eigenvalue weighted by molar-refractivity contribution is 5.89. The Labute approximate surface area is 155 Å². The number of halogens is 3. The molecule has 3 rings (SSSR count). The molecule has 144 valence electrons. The number of hydrogen-bond donors (Lipinski definition) is 1. The molecule has 2 heterocycles. The van der Waals surface area contributed by atoms with Crippen molar-refractivity contribution >= 4 is 11.7 Å². The van der Waals surface area contributed by atoms with Crippen LogP contribution < -0.4 is 10.1 Å². The summed E-state index contributed by atoms with van der Waals surface area (Å²) in [6, 6.07) is 7.16. The second kappa shape index (κ2) is 7.46. The molecule has 2 amide bonds. The Bertz CT molecular complexity index is 839. The van der Waals surface area contributed by atoms with E-state index in [9.17, 15) is 18.0 Å². The summed E-state index contributed by atoms with van der Waals surface area (Å²) in [7, 11) is 0. The van der Waals surface area contributed by atoms with Gasteiger partial charge in [-0.3, -0.25) is 0 Å². The molecule has 1 saturated heterocycles. The maximum atomic E-state index is 12.8. The van der Waals surface area contributed by atoms with Crippen LogP contribution in [0.1, 0.15) is 23.1 Å². The van der Waals surface area contributed by atoms with E-state index in [0.29, 0.717) is 18.7 Å². The predicted molar refractivity (Wildman–Crippen MR) is 94.8 cm³/mol. The lowest BCUT2D eigenvalue weighted by Crippen LogP contribution is -2.34. The number of alkyl halides is 3. The predicted octanol–water partition coefficient (Wildman–Crippen LogP) is 4.40. The standard InChI is InChI=1S/C19H20F3N3O2/c1-12-3-4-15(9-13(12)2)24-18(26)25-8-6-16(11-25)27-17-10-14(5-7-23-17)19(20,21)22/h3-5,7,9-10,16H,6,8,11H2,1-2H3,(H,24,26). The molecule has 27 heavy (non-hydrogen) atoms. The Morgan fingerprint density at radius 1 is 1.22 bits per heavy atom. The van der Waals surface area contributed by atoms with Crippen LogP contribution in [-0.4, -0.2) is 35.1 Å². The van der Waals surface area contributed by atoms with Gasteiger partial charge in [-0.25, -0.2) is 9.78 Å². The van der Waals surface area contributed by atoms with Gasteiger partial charge < -0.3 is 15.0 Å².